The average molecular weight is 209 g/mol. The van der Waals surface area contributed by atoms with Crippen LogP contribution in [0.2, 0.25) is 0 Å². The number of carbonyl (C=O) groups excluding carboxylic acids is 1. The topological polar surface area (TPSA) is 47.8 Å². The maximum absolute atomic E-state index is 11.0. The van der Waals surface area contributed by atoms with Gasteiger partial charge in [0.2, 0.25) is 0 Å². The van der Waals surface area contributed by atoms with Gasteiger partial charge in [0.05, 0.1) is 5.69 Å². The van der Waals surface area contributed by atoms with Crippen molar-refractivity contribution in [1.82, 2.24) is 15.0 Å². The molecule has 1 rings (SSSR count). The summed E-state index contributed by atoms with van der Waals surface area (Å²) in [6.45, 7) is 4.76. The quantitative estimate of drug-likeness (QED) is 0.646. The van der Waals surface area contributed by atoms with Gasteiger partial charge in [0.15, 0.2) is 0 Å². The molecule has 0 amide bonds. The minimum atomic E-state index is 0.367. The summed E-state index contributed by atoms with van der Waals surface area (Å²) < 4.78 is 1.86. The molecule has 0 bridgehead atoms. The highest BCUT2D eigenvalue weighted by Crippen LogP contribution is 2.03. The molecule has 84 valence electrons. The molecule has 1 aromatic heterocycles. The molecule has 0 unspecified atom stereocenters. The van der Waals surface area contributed by atoms with Crippen LogP contribution in [0.1, 0.15) is 44.7 Å². The van der Waals surface area contributed by atoms with Gasteiger partial charge < -0.3 is 0 Å². The highest BCUT2D eigenvalue weighted by Gasteiger charge is 1.99. The molecular weight excluding hydrogens is 190 g/mol. The van der Waals surface area contributed by atoms with E-state index in [0.29, 0.717) is 12.2 Å². The summed E-state index contributed by atoms with van der Waals surface area (Å²) in [5.74, 6) is 0.367. The predicted molar refractivity (Wildman–Crippen MR) is 58.5 cm³/mol. The minimum Gasteiger partial charge on any atom is -0.300 e. The summed E-state index contributed by atoms with van der Waals surface area (Å²) in [7, 11) is 0. The van der Waals surface area contributed by atoms with Crippen molar-refractivity contribution in [2.75, 3.05) is 0 Å². The fraction of sp³-hybridized carbons (Fsp3) is 0.727. The van der Waals surface area contributed by atoms with Crippen LogP contribution in [0.4, 0.5) is 0 Å². The standard InChI is InChI=1S/C11H19N3O/c1-3-11(15)7-5-4-6-8-14-9-10(2)12-13-14/h9H,3-8H2,1-2H3. The number of rotatable bonds is 7. The summed E-state index contributed by atoms with van der Waals surface area (Å²) in [5.41, 5.74) is 0.955. The fourth-order valence-electron chi connectivity index (χ4n) is 1.45. The zero-order valence-electron chi connectivity index (χ0n) is 9.57. The first-order valence-electron chi connectivity index (χ1n) is 5.61. The van der Waals surface area contributed by atoms with E-state index in [1.807, 2.05) is 24.7 Å². The van der Waals surface area contributed by atoms with Crippen molar-refractivity contribution in [3.63, 3.8) is 0 Å². The smallest absolute Gasteiger partial charge is 0.132 e. The Bertz CT molecular complexity index is 307. The van der Waals surface area contributed by atoms with Crippen LogP contribution in [-0.4, -0.2) is 20.8 Å². The summed E-state index contributed by atoms with van der Waals surface area (Å²) in [5, 5.41) is 7.88. The lowest BCUT2D eigenvalue weighted by Crippen LogP contribution is -2.00. The van der Waals surface area contributed by atoms with Crippen molar-refractivity contribution in [2.24, 2.45) is 0 Å². The van der Waals surface area contributed by atoms with E-state index in [4.69, 9.17) is 0 Å². The third-order valence-corrected chi connectivity index (χ3v) is 2.39. The fourth-order valence-corrected chi connectivity index (χ4v) is 1.45. The Kier molecular flexibility index (Phi) is 5.01. The predicted octanol–water partition coefficient (Wildman–Crippen LogP) is 2.13. The number of aromatic nitrogens is 3. The van der Waals surface area contributed by atoms with Gasteiger partial charge in [-0.1, -0.05) is 18.6 Å². The first-order chi connectivity index (χ1) is 7.22. The Morgan fingerprint density at radius 3 is 2.80 bits per heavy atom. The minimum absolute atomic E-state index is 0.367. The zero-order chi connectivity index (χ0) is 11.1. The molecular formula is C11H19N3O. The number of carbonyl (C=O) groups is 1. The van der Waals surface area contributed by atoms with Crippen molar-refractivity contribution < 1.29 is 4.79 Å². The molecule has 0 radical (unpaired) electrons. The van der Waals surface area contributed by atoms with Gasteiger partial charge in [0.25, 0.3) is 0 Å². The van der Waals surface area contributed by atoms with E-state index in [9.17, 15) is 4.79 Å². The first kappa shape index (κ1) is 11.9. The van der Waals surface area contributed by atoms with E-state index in [1.165, 1.54) is 0 Å². The van der Waals surface area contributed by atoms with Crippen LogP contribution in [0, 0.1) is 6.92 Å². The molecule has 15 heavy (non-hydrogen) atoms. The number of Topliss-reactive ketones (excluding diaryl/α,β-unsaturated/α-hetero) is 1. The Labute approximate surface area is 90.7 Å². The van der Waals surface area contributed by atoms with Gasteiger partial charge in [0, 0.05) is 25.6 Å². The zero-order valence-corrected chi connectivity index (χ0v) is 9.57. The number of aryl methyl sites for hydroxylation is 2. The summed E-state index contributed by atoms with van der Waals surface area (Å²) >= 11 is 0. The summed E-state index contributed by atoms with van der Waals surface area (Å²) in [6, 6.07) is 0. The number of nitrogens with zero attached hydrogens (tertiary/aromatic N) is 3. The van der Waals surface area contributed by atoms with E-state index in [2.05, 4.69) is 10.3 Å². The van der Waals surface area contributed by atoms with Gasteiger partial charge in [-0.05, 0) is 19.8 Å². The van der Waals surface area contributed by atoms with Crippen LogP contribution in [-0.2, 0) is 11.3 Å². The van der Waals surface area contributed by atoms with E-state index in [0.717, 1.165) is 37.9 Å². The Morgan fingerprint density at radius 1 is 1.40 bits per heavy atom. The van der Waals surface area contributed by atoms with Gasteiger partial charge in [-0.2, -0.15) is 0 Å². The third kappa shape index (κ3) is 4.72. The Balaban J connectivity index is 2.05. The molecule has 0 aliphatic heterocycles. The third-order valence-electron chi connectivity index (χ3n) is 2.39. The van der Waals surface area contributed by atoms with Gasteiger partial charge >= 0.3 is 0 Å². The Morgan fingerprint density at radius 2 is 2.20 bits per heavy atom. The molecule has 1 aromatic rings. The second-order valence-electron chi connectivity index (χ2n) is 3.83. The van der Waals surface area contributed by atoms with Crippen LogP contribution >= 0.6 is 0 Å². The molecule has 0 spiro atoms. The number of hydrogen-bond donors (Lipinski definition) is 0. The van der Waals surface area contributed by atoms with Crippen molar-refractivity contribution in [3.8, 4) is 0 Å². The SMILES string of the molecule is CCC(=O)CCCCCn1cc(C)nn1. The largest absolute Gasteiger partial charge is 0.300 e. The maximum atomic E-state index is 11.0. The molecule has 0 aliphatic carbocycles. The molecule has 1 heterocycles. The maximum Gasteiger partial charge on any atom is 0.132 e. The molecule has 0 aliphatic rings. The molecule has 0 atom stereocenters. The van der Waals surface area contributed by atoms with Crippen molar-refractivity contribution in [3.05, 3.63) is 11.9 Å². The second kappa shape index (κ2) is 6.32. The Hall–Kier alpha value is -1.19. The summed E-state index contributed by atoms with van der Waals surface area (Å²) in [6.07, 6.45) is 6.50. The van der Waals surface area contributed by atoms with Crippen LogP contribution < -0.4 is 0 Å². The molecule has 0 N–H and O–H groups in total. The van der Waals surface area contributed by atoms with Crippen molar-refractivity contribution >= 4 is 5.78 Å². The number of ketones is 1. The van der Waals surface area contributed by atoms with Crippen molar-refractivity contribution in [2.45, 2.75) is 52.5 Å². The molecule has 0 fully saturated rings. The average Bonchev–Trinajstić information content (AvgIpc) is 2.63. The summed E-state index contributed by atoms with van der Waals surface area (Å²) in [4.78, 5) is 11.0. The van der Waals surface area contributed by atoms with Crippen LogP contribution in [0.15, 0.2) is 6.20 Å². The lowest BCUT2D eigenvalue weighted by Gasteiger charge is -2.00. The monoisotopic (exact) mass is 209 g/mol. The molecule has 0 saturated heterocycles. The van der Waals surface area contributed by atoms with Crippen LogP contribution in [0.25, 0.3) is 0 Å². The van der Waals surface area contributed by atoms with E-state index in [1.54, 1.807) is 0 Å². The van der Waals surface area contributed by atoms with Crippen LogP contribution in [0.5, 0.6) is 0 Å². The molecule has 4 heteroatoms. The van der Waals surface area contributed by atoms with Crippen LogP contribution in [0.3, 0.4) is 0 Å². The normalized spacial score (nSPS) is 10.5. The van der Waals surface area contributed by atoms with Gasteiger partial charge in [-0.25, -0.2) is 0 Å². The molecule has 4 nitrogen and oxygen atoms in total. The van der Waals surface area contributed by atoms with Gasteiger partial charge in [-0.15, -0.1) is 5.10 Å². The first-order valence-corrected chi connectivity index (χ1v) is 5.61. The second-order valence-corrected chi connectivity index (χ2v) is 3.83. The lowest BCUT2D eigenvalue weighted by molar-refractivity contribution is -0.118. The number of unbranched alkanes of at least 4 members (excludes halogenated alkanes) is 2. The van der Waals surface area contributed by atoms with Gasteiger partial charge in [-0.3, -0.25) is 9.48 Å². The van der Waals surface area contributed by atoms with E-state index < -0.39 is 0 Å². The molecule has 0 aromatic carbocycles. The molecule has 0 saturated carbocycles. The van der Waals surface area contributed by atoms with E-state index >= 15 is 0 Å². The number of hydrogen-bond acceptors (Lipinski definition) is 3. The van der Waals surface area contributed by atoms with E-state index in [-0.39, 0.29) is 0 Å². The van der Waals surface area contributed by atoms with Crippen molar-refractivity contribution in [1.29, 1.82) is 0 Å². The lowest BCUT2D eigenvalue weighted by atomic mass is 10.1. The highest BCUT2D eigenvalue weighted by atomic mass is 16.1. The highest BCUT2D eigenvalue weighted by molar-refractivity contribution is 5.77. The van der Waals surface area contributed by atoms with Gasteiger partial charge in [0.1, 0.15) is 5.78 Å².